The van der Waals surface area contributed by atoms with Crippen molar-refractivity contribution < 1.29 is 23.7 Å². The number of ether oxygens (including phenoxy) is 5. The van der Waals surface area contributed by atoms with Crippen LogP contribution >= 0.6 is 0 Å². The Balaban J connectivity index is 2.20. The molecule has 0 aromatic heterocycles. The number of piperidine rings is 1. The van der Waals surface area contributed by atoms with Crippen LogP contribution in [0.1, 0.15) is 91.9 Å². The fourth-order valence-electron chi connectivity index (χ4n) is 4.68. The lowest BCUT2D eigenvalue weighted by molar-refractivity contribution is -0.204. The maximum absolute atomic E-state index is 6.60. The quantitative estimate of drug-likeness (QED) is 0.241. The van der Waals surface area contributed by atoms with Crippen LogP contribution in [0, 0.1) is 0 Å². The van der Waals surface area contributed by atoms with Crippen molar-refractivity contribution in [3.8, 4) is 0 Å². The van der Waals surface area contributed by atoms with Crippen LogP contribution in [0.5, 0.6) is 0 Å². The van der Waals surface area contributed by atoms with Gasteiger partial charge in [-0.05, 0) is 38.5 Å². The zero-order chi connectivity index (χ0) is 23.7. The van der Waals surface area contributed by atoms with Crippen molar-refractivity contribution in [2.45, 2.75) is 122 Å². The Morgan fingerprint density at radius 1 is 0.758 bits per heavy atom. The standard InChI is InChI=1S/C27H53NO5/c1-5-9-15-29-22-24-26(32-17-11-7-3)27(33-18-12-8-4)25(31-16-10-6-2)21-28(24)20-23-14-13-19-30-23/h23-27H,5-22H2,1-4H3/t23-,24-,25+,26-,27-/m1/s1. The van der Waals surface area contributed by atoms with Crippen molar-refractivity contribution in [2.24, 2.45) is 0 Å². The van der Waals surface area contributed by atoms with E-state index in [0.29, 0.717) is 12.7 Å². The molecule has 2 saturated heterocycles. The van der Waals surface area contributed by atoms with E-state index in [2.05, 4.69) is 32.6 Å². The number of hydrogen-bond donors (Lipinski definition) is 0. The molecule has 196 valence electrons. The van der Waals surface area contributed by atoms with Crippen molar-refractivity contribution in [2.75, 3.05) is 52.7 Å². The molecule has 0 aromatic rings. The number of nitrogens with zero attached hydrogens (tertiary/aromatic N) is 1. The molecule has 5 atom stereocenters. The van der Waals surface area contributed by atoms with Crippen molar-refractivity contribution in [3.63, 3.8) is 0 Å². The van der Waals surface area contributed by atoms with Gasteiger partial charge < -0.3 is 23.7 Å². The molecule has 2 aliphatic rings. The van der Waals surface area contributed by atoms with Crippen LogP contribution in [0.4, 0.5) is 0 Å². The van der Waals surface area contributed by atoms with Crippen molar-refractivity contribution in [1.29, 1.82) is 0 Å². The minimum atomic E-state index is -0.0502. The fraction of sp³-hybridized carbons (Fsp3) is 1.00. The van der Waals surface area contributed by atoms with Gasteiger partial charge >= 0.3 is 0 Å². The largest absolute Gasteiger partial charge is 0.380 e. The van der Waals surface area contributed by atoms with Gasteiger partial charge in [-0.25, -0.2) is 0 Å². The second kappa shape index (κ2) is 18.1. The van der Waals surface area contributed by atoms with Gasteiger partial charge in [-0.1, -0.05) is 53.4 Å². The minimum absolute atomic E-state index is 0.0216. The molecule has 6 heteroatoms. The van der Waals surface area contributed by atoms with E-state index in [1.165, 1.54) is 0 Å². The third-order valence-electron chi connectivity index (χ3n) is 6.79. The van der Waals surface area contributed by atoms with E-state index in [1.807, 2.05) is 0 Å². The predicted octanol–water partition coefficient (Wildman–Crippen LogP) is 5.22. The summed E-state index contributed by atoms with van der Waals surface area (Å²) in [6, 6.07) is 0.167. The number of unbranched alkanes of at least 4 members (excludes halogenated alkanes) is 4. The van der Waals surface area contributed by atoms with Gasteiger partial charge in [0.1, 0.15) is 12.2 Å². The van der Waals surface area contributed by atoms with Gasteiger partial charge in [0.15, 0.2) is 0 Å². The highest BCUT2D eigenvalue weighted by atomic mass is 16.6. The lowest BCUT2D eigenvalue weighted by atomic mass is 9.92. The van der Waals surface area contributed by atoms with E-state index in [-0.39, 0.29) is 24.4 Å². The summed E-state index contributed by atoms with van der Waals surface area (Å²) in [4.78, 5) is 2.54. The molecule has 0 bridgehead atoms. The number of rotatable bonds is 19. The highest BCUT2D eigenvalue weighted by Crippen LogP contribution is 2.29. The fourth-order valence-corrected chi connectivity index (χ4v) is 4.68. The molecule has 0 saturated carbocycles. The first-order valence-corrected chi connectivity index (χ1v) is 14.0. The summed E-state index contributed by atoms with van der Waals surface area (Å²) in [5.41, 5.74) is 0. The third-order valence-corrected chi connectivity index (χ3v) is 6.79. The van der Waals surface area contributed by atoms with Crippen molar-refractivity contribution in [1.82, 2.24) is 4.90 Å². The molecule has 0 radical (unpaired) electrons. The highest BCUT2D eigenvalue weighted by molar-refractivity contribution is 4.98. The van der Waals surface area contributed by atoms with Crippen molar-refractivity contribution >= 4 is 0 Å². The molecule has 2 rings (SSSR count). The molecule has 33 heavy (non-hydrogen) atoms. The summed E-state index contributed by atoms with van der Waals surface area (Å²) in [5.74, 6) is 0. The molecular formula is C27H53NO5. The van der Waals surface area contributed by atoms with Gasteiger partial charge in [0, 0.05) is 46.1 Å². The van der Waals surface area contributed by atoms with Gasteiger partial charge in [-0.15, -0.1) is 0 Å². The van der Waals surface area contributed by atoms with Gasteiger partial charge in [-0.3, -0.25) is 4.90 Å². The van der Waals surface area contributed by atoms with Crippen LogP contribution in [0.3, 0.4) is 0 Å². The summed E-state index contributed by atoms with van der Waals surface area (Å²) < 4.78 is 31.8. The lowest BCUT2D eigenvalue weighted by Gasteiger charge is -2.49. The SMILES string of the molecule is CCCCOC[C@@H]1[C@@H](OCCCC)[C@H](OCCCC)[C@@H](OCCCC)CN1C[C@H]1CCCO1. The number of hydrogen-bond acceptors (Lipinski definition) is 6. The average Bonchev–Trinajstić information content (AvgIpc) is 3.33. The minimum Gasteiger partial charge on any atom is -0.380 e. The first-order chi connectivity index (χ1) is 16.2. The second-order valence-electron chi connectivity index (χ2n) is 9.73. The Morgan fingerprint density at radius 2 is 1.36 bits per heavy atom. The van der Waals surface area contributed by atoms with Crippen LogP contribution in [-0.4, -0.2) is 88.1 Å². The molecular weight excluding hydrogens is 418 g/mol. The van der Waals surface area contributed by atoms with Crippen LogP contribution < -0.4 is 0 Å². The number of likely N-dealkylation sites (tertiary alicyclic amines) is 1. The first kappa shape index (κ1) is 29.0. The molecule has 0 amide bonds. The molecule has 2 aliphatic heterocycles. The van der Waals surface area contributed by atoms with E-state index >= 15 is 0 Å². The maximum atomic E-state index is 6.60. The molecule has 0 spiro atoms. The highest BCUT2D eigenvalue weighted by Gasteiger charge is 2.46. The van der Waals surface area contributed by atoms with Gasteiger partial charge in [0.2, 0.25) is 0 Å². The van der Waals surface area contributed by atoms with Gasteiger partial charge in [0.25, 0.3) is 0 Å². The molecule has 2 heterocycles. The Hall–Kier alpha value is -0.240. The normalized spacial score (nSPS) is 28.5. The topological polar surface area (TPSA) is 49.4 Å². The van der Waals surface area contributed by atoms with Gasteiger partial charge in [-0.2, -0.15) is 0 Å². The third kappa shape index (κ3) is 10.5. The van der Waals surface area contributed by atoms with Crippen molar-refractivity contribution in [3.05, 3.63) is 0 Å². The Morgan fingerprint density at radius 3 is 1.97 bits per heavy atom. The smallest absolute Gasteiger partial charge is 0.113 e. The van der Waals surface area contributed by atoms with Crippen LogP contribution in [-0.2, 0) is 23.7 Å². The predicted molar refractivity (Wildman–Crippen MR) is 134 cm³/mol. The summed E-state index contributed by atoms with van der Waals surface area (Å²) in [6.07, 6.45) is 11.4. The summed E-state index contributed by atoms with van der Waals surface area (Å²) in [7, 11) is 0. The second-order valence-corrected chi connectivity index (χ2v) is 9.73. The van der Waals surface area contributed by atoms with E-state index in [4.69, 9.17) is 23.7 Å². The summed E-state index contributed by atoms with van der Waals surface area (Å²) in [5, 5.41) is 0. The Bertz CT molecular complexity index is 460. The van der Waals surface area contributed by atoms with E-state index in [1.54, 1.807) is 0 Å². The van der Waals surface area contributed by atoms with Crippen LogP contribution in [0.25, 0.3) is 0 Å². The van der Waals surface area contributed by atoms with E-state index in [9.17, 15) is 0 Å². The molecule has 2 fully saturated rings. The zero-order valence-corrected chi connectivity index (χ0v) is 22.1. The average molecular weight is 472 g/mol. The Labute approximate surface area is 204 Å². The lowest BCUT2D eigenvalue weighted by Crippen LogP contribution is -2.65. The summed E-state index contributed by atoms with van der Waals surface area (Å²) >= 11 is 0. The molecule has 6 nitrogen and oxygen atoms in total. The van der Waals surface area contributed by atoms with Crippen LogP contribution in [0.15, 0.2) is 0 Å². The summed E-state index contributed by atoms with van der Waals surface area (Å²) in [6.45, 7) is 15.3. The van der Waals surface area contributed by atoms with Crippen LogP contribution in [0.2, 0.25) is 0 Å². The monoisotopic (exact) mass is 471 g/mol. The molecule has 0 unspecified atom stereocenters. The molecule has 0 aromatic carbocycles. The first-order valence-electron chi connectivity index (χ1n) is 14.0. The molecule has 0 N–H and O–H groups in total. The molecule has 0 aliphatic carbocycles. The Kier molecular flexibility index (Phi) is 15.9. The maximum Gasteiger partial charge on any atom is 0.113 e. The zero-order valence-electron chi connectivity index (χ0n) is 22.1. The van der Waals surface area contributed by atoms with E-state index < -0.39 is 0 Å². The van der Waals surface area contributed by atoms with Gasteiger partial charge in [0.05, 0.1) is 24.9 Å². The van der Waals surface area contributed by atoms with E-state index in [0.717, 1.165) is 110 Å².